The lowest BCUT2D eigenvalue weighted by Crippen LogP contribution is -2.50. The molecule has 0 saturated carbocycles. The molecule has 0 heterocycles. The number of benzene rings is 3. The number of imide groups is 1. The Balaban J connectivity index is 1.39. The highest BCUT2D eigenvalue weighted by Gasteiger charge is 2.38. The molecule has 0 unspecified atom stereocenters. The van der Waals surface area contributed by atoms with Crippen LogP contribution < -0.4 is 11.1 Å². The van der Waals surface area contributed by atoms with Gasteiger partial charge in [0.25, 0.3) is 5.91 Å². The third-order valence-corrected chi connectivity index (χ3v) is 7.32. The minimum absolute atomic E-state index is 0.0413. The van der Waals surface area contributed by atoms with Crippen molar-refractivity contribution < 1.29 is 33.8 Å². The SMILES string of the molecule is CC(C)(C)OC(=O)N(C(=O)c1ccc(CNC(=O)OCC2c3ccccc3-c3ccccc32)cc1)[C@@H](CCCCN)C(=O)O. The maximum Gasteiger partial charge on any atom is 0.418 e. The number of carboxylic acids is 1. The maximum atomic E-state index is 13.5. The number of carbonyl (C=O) groups excluding carboxylic acids is 3. The van der Waals surface area contributed by atoms with E-state index >= 15 is 0 Å². The van der Waals surface area contributed by atoms with Crippen LogP contribution in [0.4, 0.5) is 9.59 Å². The Bertz CT molecular complexity index is 1450. The fraction of sp³-hybridized carbons (Fsp3) is 0.353. The topological polar surface area (TPSA) is 148 Å². The van der Waals surface area contributed by atoms with Gasteiger partial charge in [-0.15, -0.1) is 0 Å². The summed E-state index contributed by atoms with van der Waals surface area (Å²) in [6, 6.07) is 21.0. The highest BCUT2D eigenvalue weighted by Crippen LogP contribution is 2.44. The van der Waals surface area contributed by atoms with Gasteiger partial charge in [-0.1, -0.05) is 60.7 Å². The van der Waals surface area contributed by atoms with E-state index in [4.69, 9.17) is 15.2 Å². The number of amides is 3. The zero-order chi connectivity index (χ0) is 31.9. The van der Waals surface area contributed by atoms with E-state index in [-0.39, 0.29) is 31.1 Å². The molecule has 3 aromatic carbocycles. The maximum absolute atomic E-state index is 13.5. The summed E-state index contributed by atoms with van der Waals surface area (Å²) in [5, 5.41) is 12.6. The van der Waals surface area contributed by atoms with E-state index < -0.39 is 35.7 Å². The van der Waals surface area contributed by atoms with E-state index in [1.54, 1.807) is 32.9 Å². The Hall–Kier alpha value is -4.70. The van der Waals surface area contributed by atoms with Gasteiger partial charge < -0.3 is 25.6 Å². The second-order valence-electron chi connectivity index (χ2n) is 11.7. The highest BCUT2D eigenvalue weighted by atomic mass is 16.6. The number of alkyl carbamates (subject to hydrolysis) is 1. The van der Waals surface area contributed by atoms with Crippen LogP contribution in [0, 0.1) is 0 Å². The van der Waals surface area contributed by atoms with Gasteiger partial charge in [-0.3, -0.25) is 4.79 Å². The van der Waals surface area contributed by atoms with E-state index in [0.717, 1.165) is 22.3 Å². The zero-order valence-corrected chi connectivity index (χ0v) is 25.2. The Morgan fingerprint density at radius 1 is 0.909 bits per heavy atom. The lowest BCUT2D eigenvalue weighted by molar-refractivity contribution is -0.142. The molecule has 0 saturated heterocycles. The first kappa shape index (κ1) is 32.2. The van der Waals surface area contributed by atoms with Crippen molar-refractivity contribution in [2.24, 2.45) is 5.73 Å². The molecule has 232 valence electrons. The Morgan fingerprint density at radius 2 is 1.50 bits per heavy atom. The van der Waals surface area contributed by atoms with Gasteiger partial charge in [-0.2, -0.15) is 0 Å². The summed E-state index contributed by atoms with van der Waals surface area (Å²) < 4.78 is 11.0. The van der Waals surface area contributed by atoms with Crippen molar-refractivity contribution in [3.05, 3.63) is 95.1 Å². The van der Waals surface area contributed by atoms with Gasteiger partial charge in [0.15, 0.2) is 0 Å². The number of hydrogen-bond donors (Lipinski definition) is 3. The van der Waals surface area contributed by atoms with Crippen molar-refractivity contribution in [1.29, 1.82) is 0 Å². The number of carbonyl (C=O) groups is 4. The number of fused-ring (bicyclic) bond motifs is 3. The van der Waals surface area contributed by atoms with E-state index in [9.17, 15) is 24.3 Å². The van der Waals surface area contributed by atoms with Crippen LogP contribution in [0.2, 0.25) is 0 Å². The summed E-state index contributed by atoms with van der Waals surface area (Å²) in [5.74, 6) is -2.17. The molecule has 1 atom stereocenters. The van der Waals surface area contributed by atoms with Crippen LogP contribution in [-0.4, -0.2) is 58.9 Å². The molecule has 3 amide bonds. The molecule has 0 bridgehead atoms. The predicted octanol–water partition coefficient (Wildman–Crippen LogP) is 5.68. The van der Waals surface area contributed by atoms with Crippen LogP contribution in [0.5, 0.6) is 0 Å². The van der Waals surface area contributed by atoms with Crippen molar-refractivity contribution in [2.45, 2.75) is 64.1 Å². The number of rotatable bonds is 11. The first-order valence-corrected chi connectivity index (χ1v) is 14.7. The standard InChI is InChI=1S/C34H39N3O7/c1-34(2,3)44-33(42)37(29(31(39)40)14-8-9-19-35)30(38)23-17-15-22(16-18-23)20-36-32(41)43-21-28-26-12-6-4-10-24(26)25-11-5-7-13-27(25)28/h4-7,10-13,15-18,28-29H,8-9,14,19-21,35H2,1-3H3,(H,36,41)(H,39,40)/t29-/m0/s1. The molecule has 10 heteroatoms. The summed E-state index contributed by atoms with van der Waals surface area (Å²) in [6.07, 6.45) is -0.611. The van der Waals surface area contributed by atoms with Crippen molar-refractivity contribution in [1.82, 2.24) is 10.2 Å². The largest absolute Gasteiger partial charge is 0.480 e. The first-order valence-electron chi connectivity index (χ1n) is 14.7. The fourth-order valence-corrected chi connectivity index (χ4v) is 5.24. The van der Waals surface area contributed by atoms with Crippen molar-refractivity contribution in [2.75, 3.05) is 13.2 Å². The molecule has 0 aromatic heterocycles. The molecule has 44 heavy (non-hydrogen) atoms. The Kier molecular flexibility index (Phi) is 10.4. The van der Waals surface area contributed by atoms with Crippen LogP contribution in [0.3, 0.4) is 0 Å². The summed E-state index contributed by atoms with van der Waals surface area (Å²) in [6.45, 7) is 5.59. The minimum atomic E-state index is -1.42. The summed E-state index contributed by atoms with van der Waals surface area (Å²) in [5.41, 5.74) is 9.90. The van der Waals surface area contributed by atoms with Gasteiger partial charge >= 0.3 is 18.2 Å². The molecule has 4 rings (SSSR count). The molecular formula is C34H39N3O7. The number of carboxylic acid groups (broad SMARTS) is 1. The molecule has 0 radical (unpaired) electrons. The number of hydrogen-bond acceptors (Lipinski definition) is 7. The number of nitrogens with one attached hydrogen (secondary N) is 1. The van der Waals surface area contributed by atoms with Crippen LogP contribution in [-0.2, 0) is 20.8 Å². The van der Waals surface area contributed by atoms with Gasteiger partial charge in [-0.25, -0.2) is 19.3 Å². The average molecular weight is 602 g/mol. The molecular weight excluding hydrogens is 562 g/mol. The fourth-order valence-electron chi connectivity index (χ4n) is 5.24. The molecule has 1 aliphatic rings. The van der Waals surface area contributed by atoms with Crippen molar-refractivity contribution >= 4 is 24.1 Å². The number of nitrogens with two attached hydrogens (primary N) is 1. The van der Waals surface area contributed by atoms with Crippen molar-refractivity contribution in [3.63, 3.8) is 0 Å². The van der Waals surface area contributed by atoms with Crippen molar-refractivity contribution in [3.8, 4) is 11.1 Å². The van der Waals surface area contributed by atoms with E-state index in [0.29, 0.717) is 29.8 Å². The second-order valence-corrected chi connectivity index (χ2v) is 11.7. The molecule has 0 aliphatic heterocycles. The monoisotopic (exact) mass is 601 g/mol. The summed E-state index contributed by atoms with van der Waals surface area (Å²) >= 11 is 0. The smallest absolute Gasteiger partial charge is 0.418 e. The van der Waals surface area contributed by atoms with Gasteiger partial charge in [0.05, 0.1) is 0 Å². The van der Waals surface area contributed by atoms with E-state index in [1.165, 1.54) is 12.1 Å². The van der Waals surface area contributed by atoms with Gasteiger partial charge in [0.1, 0.15) is 18.2 Å². The summed E-state index contributed by atoms with van der Waals surface area (Å²) in [7, 11) is 0. The Labute approximate surface area is 257 Å². The highest BCUT2D eigenvalue weighted by molar-refractivity contribution is 6.05. The number of ether oxygens (including phenoxy) is 2. The average Bonchev–Trinajstić information content (AvgIpc) is 3.31. The third-order valence-electron chi connectivity index (χ3n) is 7.32. The van der Waals surface area contributed by atoms with E-state index in [1.807, 2.05) is 36.4 Å². The molecule has 0 fully saturated rings. The molecule has 1 aliphatic carbocycles. The van der Waals surface area contributed by atoms with Crippen LogP contribution >= 0.6 is 0 Å². The zero-order valence-electron chi connectivity index (χ0n) is 25.2. The molecule has 3 aromatic rings. The molecule has 0 spiro atoms. The van der Waals surface area contributed by atoms with Gasteiger partial charge in [-0.05, 0) is 86.5 Å². The minimum Gasteiger partial charge on any atom is -0.480 e. The number of nitrogens with zero attached hydrogens (tertiary/aromatic N) is 1. The first-order chi connectivity index (χ1) is 21.0. The normalized spacial score (nSPS) is 12.9. The number of unbranched alkanes of at least 4 members (excludes halogenated alkanes) is 1. The lowest BCUT2D eigenvalue weighted by atomic mass is 9.98. The van der Waals surface area contributed by atoms with Crippen LogP contribution in [0.25, 0.3) is 11.1 Å². The Morgan fingerprint density at radius 3 is 2.05 bits per heavy atom. The van der Waals surface area contributed by atoms with Crippen LogP contribution in [0.1, 0.15) is 73.0 Å². The lowest BCUT2D eigenvalue weighted by Gasteiger charge is -2.30. The van der Waals surface area contributed by atoms with E-state index in [2.05, 4.69) is 17.4 Å². The number of aliphatic carboxylic acids is 1. The summed E-state index contributed by atoms with van der Waals surface area (Å²) in [4.78, 5) is 51.9. The van der Waals surface area contributed by atoms with Gasteiger partial charge in [0.2, 0.25) is 0 Å². The quantitative estimate of drug-likeness (QED) is 0.238. The second kappa shape index (κ2) is 14.2. The predicted molar refractivity (Wildman–Crippen MR) is 165 cm³/mol. The third kappa shape index (κ3) is 7.82. The van der Waals surface area contributed by atoms with Crippen LogP contribution in [0.15, 0.2) is 72.8 Å². The molecule has 4 N–H and O–H groups in total. The molecule has 10 nitrogen and oxygen atoms in total. The van der Waals surface area contributed by atoms with Gasteiger partial charge in [0, 0.05) is 18.0 Å².